The number of amides is 1. The number of hydrogen-bond acceptors (Lipinski definition) is 6. The van der Waals surface area contributed by atoms with Crippen molar-refractivity contribution in [2.45, 2.75) is 28.7 Å². The van der Waals surface area contributed by atoms with Gasteiger partial charge in [0.2, 0.25) is 10.0 Å². The fourth-order valence-electron chi connectivity index (χ4n) is 3.64. The number of piperidine rings is 1. The van der Waals surface area contributed by atoms with Crippen LogP contribution in [0.25, 0.3) is 0 Å². The molecular weight excluding hydrogens is 410 g/mol. The van der Waals surface area contributed by atoms with E-state index in [0.717, 1.165) is 25.9 Å². The molecule has 3 rings (SSSR count). The average molecular weight is 436 g/mol. The number of benzene rings is 2. The largest absolute Gasteiger partial charge is 0.496 e. The minimum atomic E-state index is -3.88. The van der Waals surface area contributed by atoms with Crippen LogP contribution in [0.15, 0.2) is 52.3 Å². The number of rotatable bonds is 6. The van der Waals surface area contributed by atoms with E-state index < -0.39 is 16.1 Å². The van der Waals surface area contributed by atoms with E-state index in [0.29, 0.717) is 21.8 Å². The molecular formula is C20H25N3O4S2. The maximum absolute atomic E-state index is 13.1. The van der Waals surface area contributed by atoms with Crippen LogP contribution in [0.3, 0.4) is 0 Å². The summed E-state index contributed by atoms with van der Waals surface area (Å²) in [4.78, 5) is 13.7. The van der Waals surface area contributed by atoms with Crippen LogP contribution in [-0.2, 0) is 10.0 Å². The second kappa shape index (κ2) is 9.17. The quantitative estimate of drug-likeness (QED) is 0.520. The third-order valence-electron chi connectivity index (χ3n) is 5.16. The molecule has 0 aliphatic carbocycles. The summed E-state index contributed by atoms with van der Waals surface area (Å²) in [6, 6.07) is 11.1. The van der Waals surface area contributed by atoms with Crippen LogP contribution in [0.2, 0.25) is 0 Å². The Morgan fingerprint density at radius 2 is 1.93 bits per heavy atom. The minimum absolute atomic E-state index is 0.00391. The SMILES string of the molecule is COc1ccccc1C(=O)NC(c1cc(S(N)(=O)=O)ccc1S)C1CCNCC1. The molecule has 9 heteroatoms. The standard InChI is InChI=1S/C20H25N3O4S2/c1-27-17-5-3-2-4-15(17)20(24)23-19(13-8-10-22-11-9-13)16-12-14(29(21,25)26)6-7-18(16)28/h2-7,12-13,19,22,28H,8-11H2,1H3,(H,23,24)(H2,21,25,26). The molecule has 1 aliphatic heterocycles. The number of para-hydroxylation sites is 1. The number of nitrogens with two attached hydrogens (primary N) is 1. The van der Waals surface area contributed by atoms with Gasteiger partial charge in [-0.3, -0.25) is 4.79 Å². The fourth-order valence-corrected chi connectivity index (χ4v) is 4.46. The molecule has 1 amide bonds. The van der Waals surface area contributed by atoms with Crippen molar-refractivity contribution in [3.8, 4) is 5.75 Å². The molecule has 4 N–H and O–H groups in total. The zero-order valence-corrected chi connectivity index (χ0v) is 17.8. The topological polar surface area (TPSA) is 111 Å². The van der Waals surface area contributed by atoms with Crippen LogP contribution in [0.1, 0.15) is 34.8 Å². The monoisotopic (exact) mass is 435 g/mol. The van der Waals surface area contributed by atoms with Gasteiger partial charge in [0.15, 0.2) is 0 Å². The Morgan fingerprint density at radius 3 is 2.59 bits per heavy atom. The first-order chi connectivity index (χ1) is 13.8. The highest BCUT2D eigenvalue weighted by atomic mass is 32.2. The van der Waals surface area contributed by atoms with E-state index in [1.54, 1.807) is 30.3 Å². The lowest BCUT2D eigenvalue weighted by Crippen LogP contribution is -2.39. The first-order valence-corrected chi connectivity index (χ1v) is 11.3. The summed E-state index contributed by atoms with van der Waals surface area (Å²) < 4.78 is 29.0. The van der Waals surface area contributed by atoms with E-state index in [9.17, 15) is 13.2 Å². The van der Waals surface area contributed by atoms with E-state index in [4.69, 9.17) is 9.88 Å². The molecule has 2 aromatic carbocycles. The number of primary sulfonamides is 1. The Morgan fingerprint density at radius 1 is 1.24 bits per heavy atom. The molecule has 1 unspecified atom stereocenters. The van der Waals surface area contributed by atoms with Gasteiger partial charge in [0, 0.05) is 4.90 Å². The zero-order chi connectivity index (χ0) is 21.0. The number of hydrogen-bond donors (Lipinski definition) is 4. The van der Waals surface area contributed by atoms with E-state index in [1.165, 1.54) is 19.2 Å². The number of carbonyl (C=O) groups excluding carboxylic acids is 1. The van der Waals surface area contributed by atoms with Gasteiger partial charge < -0.3 is 15.4 Å². The second-order valence-electron chi connectivity index (χ2n) is 7.00. The first kappa shape index (κ1) is 21.6. The Labute approximate surface area is 176 Å². The highest BCUT2D eigenvalue weighted by molar-refractivity contribution is 7.89. The van der Waals surface area contributed by atoms with Crippen molar-refractivity contribution in [2.24, 2.45) is 11.1 Å². The molecule has 0 radical (unpaired) electrons. The van der Waals surface area contributed by atoms with Gasteiger partial charge in [0.25, 0.3) is 5.91 Å². The van der Waals surface area contributed by atoms with E-state index in [1.807, 2.05) is 0 Å². The lowest BCUT2D eigenvalue weighted by Gasteiger charge is -2.32. The molecule has 1 fully saturated rings. The first-order valence-electron chi connectivity index (χ1n) is 9.31. The van der Waals surface area contributed by atoms with Crippen molar-refractivity contribution in [3.63, 3.8) is 0 Å². The highest BCUT2D eigenvalue weighted by Gasteiger charge is 2.29. The van der Waals surface area contributed by atoms with Crippen molar-refractivity contribution in [1.82, 2.24) is 10.6 Å². The number of thiol groups is 1. The van der Waals surface area contributed by atoms with Gasteiger partial charge in [-0.05, 0) is 67.7 Å². The minimum Gasteiger partial charge on any atom is -0.496 e. The number of sulfonamides is 1. The Hall–Kier alpha value is -2.07. The molecule has 0 spiro atoms. The van der Waals surface area contributed by atoms with Gasteiger partial charge in [-0.15, -0.1) is 12.6 Å². The van der Waals surface area contributed by atoms with Gasteiger partial charge in [0.1, 0.15) is 5.75 Å². The van der Waals surface area contributed by atoms with E-state index >= 15 is 0 Å². The van der Waals surface area contributed by atoms with Crippen LogP contribution in [0.5, 0.6) is 5.75 Å². The molecule has 1 heterocycles. The molecule has 156 valence electrons. The normalized spacial score (nSPS) is 16.2. The molecule has 0 saturated carbocycles. The van der Waals surface area contributed by atoms with Crippen molar-refractivity contribution >= 4 is 28.6 Å². The van der Waals surface area contributed by atoms with Crippen LogP contribution < -0.4 is 20.5 Å². The van der Waals surface area contributed by atoms with Crippen LogP contribution in [0.4, 0.5) is 0 Å². The van der Waals surface area contributed by atoms with Gasteiger partial charge >= 0.3 is 0 Å². The third-order valence-corrected chi connectivity index (χ3v) is 6.47. The van der Waals surface area contributed by atoms with E-state index in [-0.39, 0.29) is 16.7 Å². The van der Waals surface area contributed by atoms with Crippen molar-refractivity contribution < 1.29 is 17.9 Å². The second-order valence-corrected chi connectivity index (χ2v) is 9.05. The summed E-state index contributed by atoms with van der Waals surface area (Å²) in [5, 5.41) is 11.7. The third kappa shape index (κ3) is 5.11. The van der Waals surface area contributed by atoms with Gasteiger partial charge in [0.05, 0.1) is 23.6 Å². The summed E-state index contributed by atoms with van der Waals surface area (Å²) in [6.45, 7) is 1.64. The summed E-state index contributed by atoms with van der Waals surface area (Å²) >= 11 is 4.52. The molecule has 0 aromatic heterocycles. The molecule has 2 aromatic rings. The lowest BCUT2D eigenvalue weighted by atomic mass is 9.85. The van der Waals surface area contributed by atoms with Crippen molar-refractivity contribution in [3.05, 3.63) is 53.6 Å². The number of methoxy groups -OCH3 is 1. The summed E-state index contributed by atoms with van der Waals surface area (Å²) in [5.74, 6) is 0.301. The number of carbonyl (C=O) groups is 1. The van der Waals surface area contributed by atoms with Crippen LogP contribution in [0, 0.1) is 5.92 Å². The predicted octanol–water partition coefficient (Wildman–Crippen LogP) is 2.10. The molecule has 1 aliphatic rings. The zero-order valence-electron chi connectivity index (χ0n) is 16.1. The van der Waals surface area contributed by atoms with Gasteiger partial charge in [-0.25, -0.2) is 13.6 Å². The van der Waals surface area contributed by atoms with Gasteiger partial charge in [-0.2, -0.15) is 0 Å². The lowest BCUT2D eigenvalue weighted by molar-refractivity contribution is 0.0910. The highest BCUT2D eigenvalue weighted by Crippen LogP contribution is 2.34. The van der Waals surface area contributed by atoms with Gasteiger partial charge in [-0.1, -0.05) is 12.1 Å². The number of nitrogens with one attached hydrogen (secondary N) is 2. The predicted molar refractivity (Wildman–Crippen MR) is 114 cm³/mol. The summed E-state index contributed by atoms with van der Waals surface area (Å²) in [6.07, 6.45) is 1.67. The fraction of sp³-hybridized carbons (Fsp3) is 0.350. The van der Waals surface area contributed by atoms with Crippen LogP contribution >= 0.6 is 12.6 Å². The summed E-state index contributed by atoms with van der Waals surface area (Å²) in [5.41, 5.74) is 1.05. The summed E-state index contributed by atoms with van der Waals surface area (Å²) in [7, 11) is -2.36. The molecule has 29 heavy (non-hydrogen) atoms. The maximum atomic E-state index is 13.1. The van der Waals surface area contributed by atoms with E-state index in [2.05, 4.69) is 23.3 Å². The molecule has 1 saturated heterocycles. The molecule has 7 nitrogen and oxygen atoms in total. The molecule has 0 bridgehead atoms. The number of ether oxygens (including phenoxy) is 1. The smallest absolute Gasteiger partial charge is 0.255 e. The van der Waals surface area contributed by atoms with Crippen LogP contribution in [-0.4, -0.2) is 34.5 Å². The van der Waals surface area contributed by atoms with Crippen molar-refractivity contribution in [2.75, 3.05) is 20.2 Å². The Bertz CT molecular complexity index is 989. The van der Waals surface area contributed by atoms with Crippen molar-refractivity contribution in [1.29, 1.82) is 0 Å². The molecule has 1 atom stereocenters. The Balaban J connectivity index is 2.01. The maximum Gasteiger partial charge on any atom is 0.255 e. The average Bonchev–Trinajstić information content (AvgIpc) is 2.72. The Kier molecular flexibility index (Phi) is 6.84.